The number of hydrogen-bond donors (Lipinski definition) is 2. The molecule has 0 atom stereocenters. The molecule has 0 amide bonds. The summed E-state index contributed by atoms with van der Waals surface area (Å²) in [6.45, 7) is 1.81. The van der Waals surface area contributed by atoms with Gasteiger partial charge in [0.2, 0.25) is 5.95 Å². The number of nitrogen functional groups attached to an aromatic ring is 1. The Balaban J connectivity index is 1.93. The molecule has 1 fully saturated rings. The van der Waals surface area contributed by atoms with E-state index >= 15 is 0 Å². The molecule has 6 nitrogen and oxygen atoms in total. The second kappa shape index (κ2) is 5.38. The first-order valence-electron chi connectivity index (χ1n) is 6.77. The number of aromatic nitrogens is 2. The molecule has 0 spiro atoms. The van der Waals surface area contributed by atoms with E-state index < -0.39 is 0 Å². The highest BCUT2D eigenvalue weighted by Crippen LogP contribution is 2.25. The Morgan fingerprint density at radius 1 is 1.33 bits per heavy atom. The molecule has 0 radical (unpaired) electrons. The fraction of sp³-hybridized carbons (Fsp3) is 0.267. The molecular weight excluding hydrogens is 264 g/mol. The average molecular weight is 280 g/mol. The van der Waals surface area contributed by atoms with Gasteiger partial charge in [-0.2, -0.15) is 10.2 Å². The zero-order chi connectivity index (χ0) is 14.8. The maximum atomic E-state index is 8.99. The van der Waals surface area contributed by atoms with Crippen molar-refractivity contribution < 1.29 is 0 Å². The van der Waals surface area contributed by atoms with Crippen LogP contribution in [0.15, 0.2) is 30.3 Å². The summed E-state index contributed by atoms with van der Waals surface area (Å²) in [7, 11) is 1.95. The first-order chi connectivity index (χ1) is 10.2. The second-order valence-corrected chi connectivity index (χ2v) is 5.05. The summed E-state index contributed by atoms with van der Waals surface area (Å²) < 4.78 is 0. The lowest BCUT2D eigenvalue weighted by Gasteiger charge is -2.40. The zero-order valence-corrected chi connectivity index (χ0v) is 11.7. The summed E-state index contributed by atoms with van der Waals surface area (Å²) in [5.41, 5.74) is 8.03. The van der Waals surface area contributed by atoms with Crippen LogP contribution >= 0.6 is 0 Å². The highest BCUT2D eigenvalue weighted by Gasteiger charge is 2.26. The Labute approximate surface area is 123 Å². The van der Waals surface area contributed by atoms with Gasteiger partial charge in [-0.1, -0.05) is 12.1 Å². The van der Waals surface area contributed by atoms with Gasteiger partial charge in [-0.3, -0.25) is 0 Å². The first-order valence-corrected chi connectivity index (χ1v) is 6.77. The maximum Gasteiger partial charge on any atom is 0.222 e. The molecular formula is C15H16N6. The summed E-state index contributed by atoms with van der Waals surface area (Å²) >= 11 is 0. The predicted molar refractivity (Wildman–Crippen MR) is 81.7 cm³/mol. The standard InChI is InChI=1S/C15H16N6/c1-18-12-8-21(9-12)14-6-13(19-15(17)20-14)11-4-2-3-10(5-11)7-16/h2-6,12,18H,8-9H2,1H3,(H2,17,19,20). The Hall–Kier alpha value is -2.65. The molecule has 2 aromatic rings. The summed E-state index contributed by atoms with van der Waals surface area (Å²) in [4.78, 5) is 10.7. The molecule has 3 N–H and O–H groups in total. The fourth-order valence-electron chi connectivity index (χ4n) is 2.36. The molecule has 0 unspecified atom stereocenters. The SMILES string of the molecule is CNC1CN(c2cc(-c3cccc(C#N)c3)nc(N)n2)C1. The normalized spacial score (nSPS) is 14.6. The quantitative estimate of drug-likeness (QED) is 0.871. The van der Waals surface area contributed by atoms with Gasteiger partial charge in [0.1, 0.15) is 5.82 Å². The summed E-state index contributed by atoms with van der Waals surface area (Å²) in [6, 6.07) is 11.9. The monoisotopic (exact) mass is 280 g/mol. The first kappa shape index (κ1) is 13.3. The van der Waals surface area contributed by atoms with Gasteiger partial charge in [-0.25, -0.2) is 4.98 Å². The van der Waals surface area contributed by atoms with Gasteiger partial charge in [0.25, 0.3) is 0 Å². The van der Waals surface area contributed by atoms with Crippen LogP contribution in [0.3, 0.4) is 0 Å². The molecule has 1 aliphatic rings. The van der Waals surface area contributed by atoms with E-state index in [4.69, 9.17) is 11.0 Å². The van der Waals surface area contributed by atoms with E-state index in [0.717, 1.165) is 30.2 Å². The van der Waals surface area contributed by atoms with Crippen LogP contribution in [-0.4, -0.2) is 36.1 Å². The lowest BCUT2D eigenvalue weighted by Crippen LogP contribution is -2.57. The largest absolute Gasteiger partial charge is 0.368 e. The molecule has 0 saturated carbocycles. The van der Waals surface area contributed by atoms with Crippen molar-refractivity contribution in [2.45, 2.75) is 6.04 Å². The number of nitrogens with one attached hydrogen (secondary N) is 1. The van der Waals surface area contributed by atoms with Crippen LogP contribution in [-0.2, 0) is 0 Å². The van der Waals surface area contributed by atoms with Crippen LogP contribution in [0.25, 0.3) is 11.3 Å². The molecule has 1 saturated heterocycles. The molecule has 0 aliphatic carbocycles. The lowest BCUT2D eigenvalue weighted by atomic mass is 10.1. The zero-order valence-electron chi connectivity index (χ0n) is 11.7. The topological polar surface area (TPSA) is 90.9 Å². The molecule has 3 rings (SSSR count). The van der Waals surface area contributed by atoms with E-state index in [1.165, 1.54) is 0 Å². The number of likely N-dealkylation sites (N-methyl/N-ethyl adjacent to an activating group) is 1. The van der Waals surface area contributed by atoms with Gasteiger partial charge in [-0.15, -0.1) is 0 Å². The Morgan fingerprint density at radius 2 is 2.14 bits per heavy atom. The van der Waals surface area contributed by atoms with Crippen molar-refractivity contribution in [3.8, 4) is 17.3 Å². The van der Waals surface area contributed by atoms with Crippen molar-refractivity contribution in [1.29, 1.82) is 5.26 Å². The van der Waals surface area contributed by atoms with Crippen LogP contribution in [0.4, 0.5) is 11.8 Å². The van der Waals surface area contributed by atoms with E-state index in [1.54, 1.807) is 12.1 Å². The number of benzene rings is 1. The second-order valence-electron chi connectivity index (χ2n) is 5.05. The summed E-state index contributed by atoms with van der Waals surface area (Å²) in [5.74, 6) is 1.07. The van der Waals surface area contributed by atoms with Crippen molar-refractivity contribution in [2.24, 2.45) is 0 Å². The number of hydrogen-bond acceptors (Lipinski definition) is 6. The Kier molecular flexibility index (Phi) is 3.42. The van der Waals surface area contributed by atoms with Crippen molar-refractivity contribution in [3.05, 3.63) is 35.9 Å². The van der Waals surface area contributed by atoms with Crippen molar-refractivity contribution in [1.82, 2.24) is 15.3 Å². The minimum Gasteiger partial charge on any atom is -0.368 e. The number of rotatable bonds is 3. The minimum atomic E-state index is 0.248. The van der Waals surface area contributed by atoms with Crippen molar-refractivity contribution in [3.63, 3.8) is 0 Å². The third-order valence-electron chi connectivity index (χ3n) is 3.63. The molecule has 1 aromatic carbocycles. The molecule has 1 aliphatic heterocycles. The van der Waals surface area contributed by atoms with Crippen LogP contribution in [0.2, 0.25) is 0 Å². The molecule has 1 aromatic heterocycles. The fourth-order valence-corrected chi connectivity index (χ4v) is 2.36. The maximum absolute atomic E-state index is 8.99. The van der Waals surface area contributed by atoms with Gasteiger partial charge in [-0.05, 0) is 19.2 Å². The van der Waals surface area contributed by atoms with E-state index in [9.17, 15) is 0 Å². The van der Waals surface area contributed by atoms with Crippen molar-refractivity contribution >= 4 is 11.8 Å². The predicted octanol–water partition coefficient (Wildman–Crippen LogP) is 1.01. The Bertz CT molecular complexity index is 700. The van der Waals surface area contributed by atoms with E-state index in [1.807, 2.05) is 25.2 Å². The highest BCUT2D eigenvalue weighted by atomic mass is 15.3. The number of nitrogens with two attached hydrogens (primary N) is 1. The molecule has 6 heteroatoms. The van der Waals surface area contributed by atoms with Crippen LogP contribution in [0, 0.1) is 11.3 Å². The molecule has 0 bridgehead atoms. The summed E-state index contributed by atoms with van der Waals surface area (Å²) in [6.07, 6.45) is 0. The summed E-state index contributed by atoms with van der Waals surface area (Å²) in [5, 5.41) is 12.2. The number of anilines is 2. The smallest absolute Gasteiger partial charge is 0.222 e. The van der Waals surface area contributed by atoms with Crippen LogP contribution < -0.4 is 16.0 Å². The van der Waals surface area contributed by atoms with Crippen LogP contribution in [0.5, 0.6) is 0 Å². The molecule has 21 heavy (non-hydrogen) atoms. The van der Waals surface area contributed by atoms with Crippen LogP contribution in [0.1, 0.15) is 5.56 Å². The molecule has 106 valence electrons. The average Bonchev–Trinajstić information content (AvgIpc) is 2.46. The third kappa shape index (κ3) is 2.64. The Morgan fingerprint density at radius 3 is 2.86 bits per heavy atom. The van der Waals surface area contributed by atoms with E-state index in [0.29, 0.717) is 11.6 Å². The highest BCUT2D eigenvalue weighted by molar-refractivity contribution is 5.66. The van der Waals surface area contributed by atoms with E-state index in [2.05, 4.69) is 26.3 Å². The van der Waals surface area contributed by atoms with E-state index in [-0.39, 0.29) is 5.95 Å². The molecule has 2 heterocycles. The van der Waals surface area contributed by atoms with Gasteiger partial charge in [0.05, 0.1) is 17.3 Å². The number of nitriles is 1. The van der Waals surface area contributed by atoms with Crippen molar-refractivity contribution in [2.75, 3.05) is 30.8 Å². The third-order valence-corrected chi connectivity index (χ3v) is 3.63. The van der Waals surface area contributed by atoms with Gasteiger partial charge >= 0.3 is 0 Å². The van der Waals surface area contributed by atoms with Gasteiger partial charge < -0.3 is 16.0 Å². The number of nitrogens with zero attached hydrogens (tertiary/aromatic N) is 4. The lowest BCUT2D eigenvalue weighted by molar-refractivity contribution is 0.447. The minimum absolute atomic E-state index is 0.248. The van der Waals surface area contributed by atoms with Gasteiger partial charge in [0.15, 0.2) is 0 Å². The van der Waals surface area contributed by atoms with Gasteiger partial charge in [0, 0.05) is 30.8 Å².